The number of nitrogens with two attached hydrogens (primary N) is 1. The van der Waals surface area contributed by atoms with Crippen LogP contribution in [0.4, 0.5) is 11.6 Å². The molecule has 0 fully saturated rings. The van der Waals surface area contributed by atoms with Gasteiger partial charge >= 0.3 is 0 Å². The fourth-order valence-electron chi connectivity index (χ4n) is 1.96. The van der Waals surface area contributed by atoms with Gasteiger partial charge in [0.05, 0.1) is 12.3 Å². The van der Waals surface area contributed by atoms with Gasteiger partial charge in [-0.05, 0) is 45.0 Å². The van der Waals surface area contributed by atoms with Crippen molar-refractivity contribution in [3.63, 3.8) is 0 Å². The summed E-state index contributed by atoms with van der Waals surface area (Å²) in [6.45, 7) is 6.51. The predicted octanol–water partition coefficient (Wildman–Crippen LogP) is 2.55. The third-order valence-corrected chi connectivity index (χ3v) is 2.85. The highest BCUT2D eigenvalue weighted by Gasteiger charge is 2.17. The Hall–Kier alpha value is -2.68. The summed E-state index contributed by atoms with van der Waals surface area (Å²) in [7, 11) is 0. The first-order valence-corrected chi connectivity index (χ1v) is 6.85. The molecule has 0 aliphatic carbocycles. The molecule has 0 spiro atoms. The molecule has 6 nitrogen and oxygen atoms in total. The molecule has 1 aromatic heterocycles. The topological polar surface area (TPSA) is 88.9 Å². The highest BCUT2D eigenvalue weighted by atomic mass is 16.5. The van der Waals surface area contributed by atoms with E-state index in [1.165, 1.54) is 0 Å². The van der Waals surface area contributed by atoms with Gasteiger partial charge in [0.1, 0.15) is 23.2 Å². The van der Waals surface area contributed by atoms with E-state index in [4.69, 9.17) is 10.5 Å². The summed E-state index contributed by atoms with van der Waals surface area (Å²) in [5.74, 6) is 1.61. The van der Waals surface area contributed by atoms with Crippen molar-refractivity contribution in [2.45, 2.75) is 26.8 Å². The van der Waals surface area contributed by atoms with Gasteiger partial charge in [0, 0.05) is 6.04 Å². The number of ether oxygens (including phenoxy) is 1. The molecule has 0 unspecified atom stereocenters. The molecule has 0 bridgehead atoms. The molecule has 0 aliphatic rings. The first kappa shape index (κ1) is 14.7. The Balaban J connectivity index is 2.39. The Morgan fingerprint density at radius 3 is 2.57 bits per heavy atom. The lowest BCUT2D eigenvalue weighted by Gasteiger charge is -2.07. The first-order valence-electron chi connectivity index (χ1n) is 6.85. The summed E-state index contributed by atoms with van der Waals surface area (Å²) >= 11 is 0. The van der Waals surface area contributed by atoms with E-state index in [9.17, 15) is 5.26 Å². The number of nitrogens with zero attached hydrogens (tertiary/aromatic N) is 3. The van der Waals surface area contributed by atoms with Gasteiger partial charge in [-0.25, -0.2) is 4.68 Å². The Morgan fingerprint density at radius 1 is 1.38 bits per heavy atom. The average molecular weight is 285 g/mol. The average Bonchev–Trinajstić information content (AvgIpc) is 2.75. The molecule has 6 heteroatoms. The fraction of sp³-hybridized carbons (Fsp3) is 0.333. The molecule has 0 aliphatic heterocycles. The molecular formula is C15H19N5O. The Bertz CT molecular complexity index is 652. The highest BCUT2D eigenvalue weighted by molar-refractivity contribution is 5.66. The van der Waals surface area contributed by atoms with Crippen LogP contribution in [0, 0.1) is 11.3 Å². The van der Waals surface area contributed by atoms with Gasteiger partial charge in [0.25, 0.3) is 0 Å². The van der Waals surface area contributed by atoms with E-state index in [0.29, 0.717) is 23.8 Å². The maximum atomic E-state index is 9.24. The number of aromatic nitrogens is 2. The van der Waals surface area contributed by atoms with Gasteiger partial charge < -0.3 is 15.8 Å². The lowest BCUT2D eigenvalue weighted by Crippen LogP contribution is -2.11. The van der Waals surface area contributed by atoms with E-state index >= 15 is 0 Å². The normalized spacial score (nSPS) is 10.4. The number of nitriles is 1. The number of benzene rings is 1. The molecule has 0 saturated heterocycles. The van der Waals surface area contributed by atoms with Crippen molar-refractivity contribution in [2.75, 3.05) is 17.7 Å². The van der Waals surface area contributed by atoms with Crippen molar-refractivity contribution in [1.82, 2.24) is 9.78 Å². The third-order valence-electron chi connectivity index (χ3n) is 2.85. The Labute approximate surface area is 124 Å². The van der Waals surface area contributed by atoms with Gasteiger partial charge in [0.15, 0.2) is 5.82 Å². The van der Waals surface area contributed by atoms with Crippen LogP contribution >= 0.6 is 0 Å². The van der Waals surface area contributed by atoms with E-state index in [0.717, 1.165) is 11.4 Å². The number of nitrogen functional groups attached to an aromatic ring is 1. The third kappa shape index (κ3) is 3.08. The van der Waals surface area contributed by atoms with E-state index in [-0.39, 0.29) is 6.04 Å². The molecule has 3 N–H and O–H groups in total. The molecule has 0 radical (unpaired) electrons. The van der Waals surface area contributed by atoms with Gasteiger partial charge in [-0.2, -0.15) is 5.26 Å². The van der Waals surface area contributed by atoms with E-state index in [1.54, 1.807) is 4.68 Å². The van der Waals surface area contributed by atoms with Crippen LogP contribution in [-0.4, -0.2) is 22.4 Å². The molecule has 2 aromatic rings. The van der Waals surface area contributed by atoms with Gasteiger partial charge in [-0.15, -0.1) is 5.10 Å². The molecule has 0 amide bonds. The molecule has 1 heterocycles. The summed E-state index contributed by atoms with van der Waals surface area (Å²) in [6, 6.07) is 9.67. The van der Waals surface area contributed by atoms with Crippen molar-refractivity contribution >= 4 is 11.6 Å². The Morgan fingerprint density at radius 2 is 2.05 bits per heavy atom. The smallest absolute Gasteiger partial charge is 0.168 e. The van der Waals surface area contributed by atoms with Crippen LogP contribution in [0.2, 0.25) is 0 Å². The molecular weight excluding hydrogens is 266 g/mol. The lowest BCUT2D eigenvalue weighted by molar-refractivity contribution is 0.340. The van der Waals surface area contributed by atoms with E-state index in [2.05, 4.69) is 16.5 Å². The van der Waals surface area contributed by atoms with Crippen LogP contribution in [0.3, 0.4) is 0 Å². The van der Waals surface area contributed by atoms with E-state index < -0.39 is 0 Å². The van der Waals surface area contributed by atoms with Crippen LogP contribution in [0.25, 0.3) is 5.69 Å². The minimum absolute atomic E-state index is 0.167. The van der Waals surface area contributed by atoms with Crippen LogP contribution < -0.4 is 15.8 Å². The van der Waals surface area contributed by atoms with Gasteiger partial charge in [-0.1, -0.05) is 0 Å². The number of rotatable bonds is 5. The second-order valence-electron chi connectivity index (χ2n) is 4.86. The molecule has 2 rings (SSSR count). The summed E-state index contributed by atoms with van der Waals surface area (Å²) in [6.07, 6.45) is 0. The van der Waals surface area contributed by atoms with Crippen LogP contribution in [-0.2, 0) is 0 Å². The predicted molar refractivity (Wildman–Crippen MR) is 82.6 cm³/mol. The SMILES string of the molecule is CCOc1ccc(-n2nc(NC(C)C)c(C#N)c2N)cc1. The zero-order chi connectivity index (χ0) is 15.4. The minimum atomic E-state index is 0.167. The quantitative estimate of drug-likeness (QED) is 0.881. The largest absolute Gasteiger partial charge is 0.494 e. The summed E-state index contributed by atoms with van der Waals surface area (Å²) in [4.78, 5) is 0. The fourth-order valence-corrected chi connectivity index (χ4v) is 1.96. The monoisotopic (exact) mass is 285 g/mol. The zero-order valence-corrected chi connectivity index (χ0v) is 12.4. The van der Waals surface area contributed by atoms with Gasteiger partial charge in [-0.3, -0.25) is 0 Å². The van der Waals surface area contributed by atoms with Crippen molar-refractivity contribution in [3.05, 3.63) is 29.8 Å². The molecule has 21 heavy (non-hydrogen) atoms. The van der Waals surface area contributed by atoms with Crippen molar-refractivity contribution < 1.29 is 4.74 Å². The lowest BCUT2D eigenvalue weighted by atomic mass is 10.3. The highest BCUT2D eigenvalue weighted by Crippen LogP contribution is 2.25. The second kappa shape index (κ2) is 6.18. The number of hydrogen-bond donors (Lipinski definition) is 2. The second-order valence-corrected chi connectivity index (χ2v) is 4.86. The summed E-state index contributed by atoms with van der Waals surface area (Å²) < 4.78 is 6.96. The zero-order valence-electron chi connectivity index (χ0n) is 12.4. The molecule has 110 valence electrons. The molecule has 0 atom stereocenters. The Kier molecular flexibility index (Phi) is 4.33. The van der Waals surface area contributed by atoms with Crippen molar-refractivity contribution in [3.8, 4) is 17.5 Å². The van der Waals surface area contributed by atoms with Gasteiger partial charge in [0.2, 0.25) is 0 Å². The maximum absolute atomic E-state index is 9.24. The minimum Gasteiger partial charge on any atom is -0.494 e. The van der Waals surface area contributed by atoms with Crippen molar-refractivity contribution in [2.24, 2.45) is 0 Å². The first-order chi connectivity index (χ1) is 10.1. The number of anilines is 2. The maximum Gasteiger partial charge on any atom is 0.168 e. The number of nitrogens with one attached hydrogen (secondary N) is 1. The van der Waals surface area contributed by atoms with E-state index in [1.807, 2.05) is 45.0 Å². The number of hydrogen-bond acceptors (Lipinski definition) is 5. The van der Waals surface area contributed by atoms with Crippen LogP contribution in [0.15, 0.2) is 24.3 Å². The standard InChI is InChI=1S/C15H19N5O/c1-4-21-12-7-5-11(6-8-12)20-14(17)13(9-16)15(19-20)18-10(2)3/h5-8,10H,4,17H2,1-3H3,(H,18,19). The summed E-state index contributed by atoms with van der Waals surface area (Å²) in [5, 5.41) is 16.8. The van der Waals surface area contributed by atoms with Crippen LogP contribution in [0.5, 0.6) is 5.75 Å². The van der Waals surface area contributed by atoms with Crippen molar-refractivity contribution in [1.29, 1.82) is 5.26 Å². The summed E-state index contributed by atoms with van der Waals surface area (Å²) in [5.41, 5.74) is 7.17. The van der Waals surface area contributed by atoms with Crippen LogP contribution in [0.1, 0.15) is 26.3 Å². The molecule has 0 saturated carbocycles. The molecule has 1 aromatic carbocycles.